The molecule has 5 aromatic rings. The molecule has 1 aliphatic heterocycles. The van der Waals surface area contributed by atoms with Crippen LogP contribution >= 0.6 is 0 Å². The average molecular weight is 812 g/mol. The summed E-state index contributed by atoms with van der Waals surface area (Å²) in [6, 6.07) is 30.3. The minimum atomic E-state index is -0.438. The number of nitrogen functional groups attached to an aromatic ring is 1. The lowest BCUT2D eigenvalue weighted by atomic mass is 9.87. The number of anilines is 2. The molecule has 6 rings (SSSR count). The van der Waals surface area contributed by atoms with Gasteiger partial charge in [0.25, 0.3) is 11.8 Å². The smallest absolute Gasteiger partial charge is 0.255 e. The first-order chi connectivity index (χ1) is 29.0. The summed E-state index contributed by atoms with van der Waals surface area (Å²) in [6.07, 6.45) is 1.79. The Hall–Kier alpha value is -7.25. The van der Waals surface area contributed by atoms with E-state index in [0.717, 1.165) is 22.3 Å². The van der Waals surface area contributed by atoms with Crippen LogP contribution in [-0.2, 0) is 16.1 Å². The van der Waals surface area contributed by atoms with Gasteiger partial charge >= 0.3 is 0 Å². The molecule has 1 unspecified atom stereocenters. The van der Waals surface area contributed by atoms with Crippen LogP contribution in [0.25, 0.3) is 17.2 Å². The van der Waals surface area contributed by atoms with Crippen molar-refractivity contribution in [1.29, 1.82) is 0 Å². The van der Waals surface area contributed by atoms with Crippen LogP contribution in [0.5, 0.6) is 28.7 Å². The number of fused-ring (bicyclic) bond motifs is 1. The predicted molar refractivity (Wildman–Crippen MR) is 233 cm³/mol. The monoisotopic (exact) mass is 811 g/mol. The lowest BCUT2D eigenvalue weighted by Gasteiger charge is -2.38. The van der Waals surface area contributed by atoms with Crippen molar-refractivity contribution in [3.63, 3.8) is 0 Å². The maximum Gasteiger partial charge on any atom is 0.255 e. The topological polar surface area (TPSA) is 174 Å². The highest BCUT2D eigenvalue weighted by molar-refractivity contribution is 6.24. The number of aromatic hydroxyl groups is 1. The first-order valence-electron chi connectivity index (χ1n) is 19.2. The molecule has 13 heteroatoms. The summed E-state index contributed by atoms with van der Waals surface area (Å²) in [4.78, 5) is 42.6. The van der Waals surface area contributed by atoms with Gasteiger partial charge in [0.15, 0.2) is 23.0 Å². The molecule has 0 bridgehead atoms. The van der Waals surface area contributed by atoms with Crippen molar-refractivity contribution in [1.82, 2.24) is 15.5 Å². The zero-order valence-electron chi connectivity index (χ0n) is 34.0. The van der Waals surface area contributed by atoms with E-state index < -0.39 is 5.91 Å². The molecule has 0 saturated heterocycles. The van der Waals surface area contributed by atoms with Crippen molar-refractivity contribution in [3.8, 4) is 28.7 Å². The van der Waals surface area contributed by atoms with Crippen molar-refractivity contribution in [2.75, 3.05) is 59.1 Å². The van der Waals surface area contributed by atoms with Gasteiger partial charge in [-0.3, -0.25) is 19.3 Å². The summed E-state index contributed by atoms with van der Waals surface area (Å²) in [5.74, 6) is 0.376. The van der Waals surface area contributed by atoms with Gasteiger partial charge in [-0.15, -0.1) is 0 Å². The van der Waals surface area contributed by atoms with Crippen molar-refractivity contribution < 1.29 is 38.4 Å². The van der Waals surface area contributed by atoms with E-state index in [4.69, 9.17) is 24.7 Å². The van der Waals surface area contributed by atoms with Gasteiger partial charge in [-0.25, -0.2) is 0 Å². The molecule has 1 heterocycles. The standard InChI is InChI=1S/C47H49N5O8/c1-29-27-52(28-30-14-17-32(18-15-30)46(55)51-38-13-9-8-12-37(38)48)39(35-11-7-6-10-34(29)35)26-44(54)49-20-21-50-47(56)36(22-31-16-19-41(57-2)40(53)23-31)33-24-42(58-3)45(60-5)43(25-33)59-4/h6-19,22-25,39,53H,1,20-21,26-28,48H2,2-5H3,(H,49,54)(H,50,56)(H,51,55). The molecule has 0 spiro atoms. The molecule has 1 aliphatic rings. The number of amides is 3. The third kappa shape index (κ3) is 9.88. The van der Waals surface area contributed by atoms with E-state index >= 15 is 0 Å². The number of nitrogens with one attached hydrogen (secondary N) is 3. The van der Waals surface area contributed by atoms with Crippen molar-refractivity contribution in [3.05, 3.63) is 143 Å². The van der Waals surface area contributed by atoms with Crippen molar-refractivity contribution in [2.24, 2.45) is 0 Å². The van der Waals surface area contributed by atoms with Gasteiger partial charge in [0.1, 0.15) is 0 Å². The predicted octanol–water partition coefficient (Wildman–Crippen LogP) is 6.69. The van der Waals surface area contributed by atoms with E-state index in [-0.39, 0.29) is 54.4 Å². The van der Waals surface area contributed by atoms with E-state index in [9.17, 15) is 19.5 Å². The molecular formula is C47H49N5O8. The molecule has 310 valence electrons. The van der Waals surface area contributed by atoms with E-state index in [1.807, 2.05) is 42.5 Å². The number of benzene rings is 5. The number of carbonyl (C=O) groups is 3. The maximum atomic E-state index is 13.9. The SMILES string of the molecule is C=C1CN(Cc2ccc(C(=O)Nc3ccccc3N)cc2)C(CC(=O)NCCNC(=O)C(=Cc2ccc(OC)c(O)c2)c2cc(OC)c(OC)c(OC)c2)c2ccccc21. The molecule has 60 heavy (non-hydrogen) atoms. The fourth-order valence-corrected chi connectivity index (χ4v) is 7.15. The number of methoxy groups -OCH3 is 4. The second-order valence-electron chi connectivity index (χ2n) is 14.1. The second-order valence-corrected chi connectivity index (χ2v) is 14.1. The number of ether oxygens (including phenoxy) is 4. The van der Waals surface area contributed by atoms with Crippen LogP contribution in [0.2, 0.25) is 0 Å². The van der Waals surface area contributed by atoms with Crippen LogP contribution in [0.3, 0.4) is 0 Å². The van der Waals surface area contributed by atoms with Gasteiger partial charge in [-0.2, -0.15) is 0 Å². The number of para-hydroxylation sites is 2. The third-order valence-corrected chi connectivity index (χ3v) is 10.2. The number of hydrogen-bond acceptors (Lipinski definition) is 10. The van der Waals surface area contributed by atoms with Gasteiger partial charge < -0.3 is 45.7 Å². The van der Waals surface area contributed by atoms with Gasteiger partial charge in [0.2, 0.25) is 11.7 Å². The summed E-state index contributed by atoms with van der Waals surface area (Å²) in [5.41, 5.74) is 12.7. The Kier molecular flexibility index (Phi) is 13.7. The molecule has 0 aliphatic carbocycles. The maximum absolute atomic E-state index is 13.9. The normalized spacial score (nSPS) is 13.8. The van der Waals surface area contributed by atoms with Gasteiger partial charge in [-0.05, 0) is 88.0 Å². The number of phenols is 1. The molecule has 0 fully saturated rings. The molecule has 3 amide bonds. The van der Waals surface area contributed by atoms with E-state index in [1.54, 1.807) is 60.7 Å². The van der Waals surface area contributed by atoms with Gasteiger partial charge in [-0.1, -0.05) is 61.2 Å². The number of hydrogen-bond donors (Lipinski definition) is 5. The van der Waals surface area contributed by atoms with Gasteiger partial charge in [0.05, 0.1) is 39.8 Å². The largest absolute Gasteiger partial charge is 0.504 e. The molecule has 0 radical (unpaired) electrons. The highest BCUT2D eigenvalue weighted by Gasteiger charge is 2.31. The summed E-state index contributed by atoms with van der Waals surface area (Å²) in [6.45, 7) is 5.68. The lowest BCUT2D eigenvalue weighted by molar-refractivity contribution is -0.122. The Morgan fingerprint density at radius 3 is 2.13 bits per heavy atom. The van der Waals surface area contributed by atoms with Gasteiger partial charge in [0, 0.05) is 49.8 Å². The van der Waals surface area contributed by atoms with Crippen LogP contribution in [0, 0.1) is 0 Å². The molecule has 0 aromatic heterocycles. The van der Waals surface area contributed by atoms with Crippen LogP contribution < -0.4 is 40.6 Å². The summed E-state index contributed by atoms with van der Waals surface area (Å²) >= 11 is 0. The highest BCUT2D eigenvalue weighted by Crippen LogP contribution is 2.41. The Bertz CT molecular complexity index is 2390. The molecule has 5 aromatic carbocycles. The highest BCUT2D eigenvalue weighted by atomic mass is 16.5. The zero-order chi connectivity index (χ0) is 42.8. The first kappa shape index (κ1) is 42.4. The minimum Gasteiger partial charge on any atom is -0.504 e. The fourth-order valence-electron chi connectivity index (χ4n) is 7.15. The van der Waals surface area contributed by atoms with Crippen molar-refractivity contribution >= 4 is 46.3 Å². The van der Waals surface area contributed by atoms with Crippen LogP contribution in [0.4, 0.5) is 11.4 Å². The molecule has 1 atom stereocenters. The van der Waals surface area contributed by atoms with Crippen LogP contribution in [-0.4, -0.2) is 75.8 Å². The molecular weight excluding hydrogens is 763 g/mol. The third-order valence-electron chi connectivity index (χ3n) is 10.2. The summed E-state index contributed by atoms with van der Waals surface area (Å²) < 4.78 is 21.8. The Balaban J connectivity index is 1.13. The summed E-state index contributed by atoms with van der Waals surface area (Å²) in [7, 11) is 5.92. The van der Waals surface area contributed by atoms with Crippen LogP contribution in [0.15, 0.2) is 110 Å². The number of carbonyl (C=O) groups excluding carboxylic acids is 3. The van der Waals surface area contributed by atoms with Crippen molar-refractivity contribution in [2.45, 2.75) is 19.0 Å². The Morgan fingerprint density at radius 2 is 1.47 bits per heavy atom. The molecule has 0 saturated carbocycles. The zero-order valence-corrected chi connectivity index (χ0v) is 34.0. The Labute approximate surface area is 349 Å². The number of nitrogens with two attached hydrogens (primary N) is 1. The quantitative estimate of drug-likeness (QED) is 0.0313. The van der Waals surface area contributed by atoms with Crippen LogP contribution in [0.1, 0.15) is 50.6 Å². The second kappa shape index (κ2) is 19.5. The number of phenolic OH excluding ortho intramolecular Hbond substituents is 1. The molecule has 6 N–H and O–H groups in total. The Morgan fingerprint density at radius 1 is 0.800 bits per heavy atom. The van der Waals surface area contributed by atoms with E-state index in [1.165, 1.54) is 34.5 Å². The number of rotatable bonds is 16. The number of nitrogens with zero attached hydrogens (tertiary/aromatic N) is 1. The summed E-state index contributed by atoms with van der Waals surface area (Å²) in [5, 5.41) is 19.2. The minimum absolute atomic E-state index is 0.0881. The average Bonchev–Trinajstić information content (AvgIpc) is 3.26. The van der Waals surface area contributed by atoms with E-state index in [0.29, 0.717) is 58.4 Å². The first-order valence-corrected chi connectivity index (χ1v) is 19.2. The molecule has 13 nitrogen and oxygen atoms in total. The lowest BCUT2D eigenvalue weighted by Crippen LogP contribution is -2.39. The fraction of sp³-hybridized carbons (Fsp3) is 0.213. The van der Waals surface area contributed by atoms with E-state index in [2.05, 4.69) is 27.4 Å².